The third kappa shape index (κ3) is 6.78. The van der Waals surface area contributed by atoms with Crippen molar-refractivity contribution in [2.75, 3.05) is 31.9 Å². The van der Waals surface area contributed by atoms with Crippen LogP contribution in [0.1, 0.15) is 18.9 Å². The molecule has 24 heavy (non-hydrogen) atoms. The highest BCUT2D eigenvalue weighted by atomic mass is 127. The van der Waals surface area contributed by atoms with Gasteiger partial charge in [-0.3, -0.25) is 4.99 Å². The van der Waals surface area contributed by atoms with Gasteiger partial charge in [-0.25, -0.2) is 13.6 Å². The molecule has 1 heterocycles. The van der Waals surface area contributed by atoms with Crippen molar-refractivity contribution in [3.05, 3.63) is 42.0 Å². The molecule has 0 aliphatic carbocycles. The van der Waals surface area contributed by atoms with Gasteiger partial charge in [0.25, 0.3) is 0 Å². The van der Waals surface area contributed by atoms with Crippen molar-refractivity contribution in [2.45, 2.75) is 13.3 Å². The van der Waals surface area contributed by atoms with Gasteiger partial charge in [0.05, 0.1) is 12.3 Å². The molecule has 0 fully saturated rings. The first-order chi connectivity index (χ1) is 11.0. The lowest BCUT2D eigenvalue weighted by Crippen LogP contribution is -2.43. The van der Waals surface area contributed by atoms with Crippen LogP contribution >= 0.6 is 24.0 Å². The van der Waals surface area contributed by atoms with Gasteiger partial charge in [0.1, 0.15) is 0 Å². The molecule has 0 radical (unpaired) electrons. The van der Waals surface area contributed by atoms with E-state index < -0.39 is 10.0 Å². The summed E-state index contributed by atoms with van der Waals surface area (Å²) in [5.41, 5.74) is 2.59. The second-order valence-electron chi connectivity index (χ2n) is 5.39. The van der Waals surface area contributed by atoms with Crippen LogP contribution in [0.15, 0.2) is 41.4 Å². The lowest BCUT2D eigenvalue weighted by molar-refractivity contribution is 0.440. The molecule has 134 valence electrons. The molecule has 1 aliphatic heterocycles. The summed E-state index contributed by atoms with van der Waals surface area (Å²) in [6.07, 6.45) is 3.13. The number of halogens is 1. The number of nitrogens with one attached hydrogen (secondary N) is 1. The molecule has 1 aromatic carbocycles. The van der Waals surface area contributed by atoms with Gasteiger partial charge < -0.3 is 10.2 Å². The Morgan fingerprint density at radius 3 is 2.58 bits per heavy atom. The Kier molecular flexibility index (Phi) is 8.71. The second kappa shape index (κ2) is 10.00. The Labute approximate surface area is 161 Å². The lowest BCUT2D eigenvalue weighted by atomic mass is 10.00. The van der Waals surface area contributed by atoms with Gasteiger partial charge in [-0.2, -0.15) is 0 Å². The number of aliphatic imine (C=N–C) groups is 1. The number of guanidine groups is 1. The molecule has 0 bridgehead atoms. The number of benzene rings is 1. The molecule has 2 rings (SSSR count). The fourth-order valence-electron chi connectivity index (χ4n) is 2.48. The molecule has 8 heteroatoms. The van der Waals surface area contributed by atoms with Crippen LogP contribution in [-0.2, 0) is 10.0 Å². The van der Waals surface area contributed by atoms with Crippen LogP contribution in [0.4, 0.5) is 0 Å². The third-order valence-electron chi connectivity index (χ3n) is 3.63. The van der Waals surface area contributed by atoms with E-state index in [4.69, 9.17) is 5.14 Å². The summed E-state index contributed by atoms with van der Waals surface area (Å²) in [7, 11) is -3.48. The molecule has 0 unspecified atom stereocenters. The van der Waals surface area contributed by atoms with Crippen molar-refractivity contribution >= 4 is 45.5 Å². The van der Waals surface area contributed by atoms with E-state index >= 15 is 0 Å². The predicted molar refractivity (Wildman–Crippen MR) is 110 cm³/mol. The minimum absolute atomic E-state index is 0. The fourth-order valence-corrected chi connectivity index (χ4v) is 2.83. The van der Waals surface area contributed by atoms with E-state index in [0.717, 1.165) is 32.0 Å². The summed E-state index contributed by atoms with van der Waals surface area (Å²) in [5, 5.41) is 8.22. The second-order valence-corrected chi connectivity index (χ2v) is 7.13. The molecule has 3 N–H and O–H groups in total. The monoisotopic (exact) mass is 464 g/mol. The van der Waals surface area contributed by atoms with Crippen LogP contribution in [0.5, 0.6) is 0 Å². The Balaban J connectivity index is 0.00000288. The van der Waals surface area contributed by atoms with Crippen molar-refractivity contribution in [1.82, 2.24) is 10.2 Å². The van der Waals surface area contributed by atoms with E-state index in [1.54, 1.807) is 0 Å². The summed E-state index contributed by atoms with van der Waals surface area (Å²) in [4.78, 5) is 6.49. The number of primary sulfonamides is 1. The highest BCUT2D eigenvalue weighted by Gasteiger charge is 2.16. The average molecular weight is 464 g/mol. The van der Waals surface area contributed by atoms with Crippen LogP contribution in [0.25, 0.3) is 5.57 Å². The summed E-state index contributed by atoms with van der Waals surface area (Å²) < 4.78 is 22.0. The zero-order chi connectivity index (χ0) is 16.7. The third-order valence-corrected chi connectivity index (χ3v) is 4.38. The molecule has 0 amide bonds. The molecule has 1 aliphatic rings. The van der Waals surface area contributed by atoms with Crippen LogP contribution in [-0.4, -0.2) is 51.2 Å². The number of nitrogens with two attached hydrogens (primary N) is 1. The van der Waals surface area contributed by atoms with E-state index in [2.05, 4.69) is 33.4 Å². The topological polar surface area (TPSA) is 87.8 Å². The van der Waals surface area contributed by atoms with E-state index in [-0.39, 0.29) is 36.3 Å². The van der Waals surface area contributed by atoms with Gasteiger partial charge in [-0.05, 0) is 24.5 Å². The van der Waals surface area contributed by atoms with Gasteiger partial charge >= 0.3 is 0 Å². The Morgan fingerprint density at radius 1 is 1.33 bits per heavy atom. The molecule has 0 spiro atoms. The molecular weight excluding hydrogens is 439 g/mol. The molecule has 0 aromatic heterocycles. The van der Waals surface area contributed by atoms with Crippen molar-refractivity contribution in [1.29, 1.82) is 0 Å². The standard InChI is InChI=1S/C16H24N4O2S.HI/c1-2-18-16(19-10-13-23(17,21)22)20-11-8-15(9-12-20)14-6-4-3-5-7-14;/h3-8H,2,9-13H2,1H3,(H,18,19)(H2,17,21,22);1H. The van der Waals surface area contributed by atoms with Crippen LogP contribution in [0.3, 0.4) is 0 Å². The Morgan fingerprint density at radius 2 is 2.04 bits per heavy atom. The highest BCUT2D eigenvalue weighted by molar-refractivity contribution is 14.0. The number of rotatable bonds is 5. The Bertz CT molecular complexity index is 675. The molecule has 0 saturated carbocycles. The van der Waals surface area contributed by atoms with E-state index in [1.165, 1.54) is 11.1 Å². The van der Waals surface area contributed by atoms with Crippen molar-refractivity contribution in [2.24, 2.45) is 10.1 Å². The largest absolute Gasteiger partial charge is 0.357 e. The van der Waals surface area contributed by atoms with Gasteiger partial charge in [0.2, 0.25) is 10.0 Å². The Hall–Kier alpha value is -1.13. The first-order valence-corrected chi connectivity index (χ1v) is 9.49. The number of hydrogen-bond donors (Lipinski definition) is 2. The van der Waals surface area contributed by atoms with Gasteiger partial charge in [0.15, 0.2) is 5.96 Å². The molecule has 6 nitrogen and oxygen atoms in total. The SMILES string of the molecule is CCNC(=NCCS(N)(=O)=O)N1CC=C(c2ccccc2)CC1.I. The summed E-state index contributed by atoms with van der Waals surface area (Å²) in [5.74, 6) is 0.598. The summed E-state index contributed by atoms with van der Waals surface area (Å²) in [6.45, 7) is 4.50. The number of sulfonamides is 1. The van der Waals surface area contributed by atoms with E-state index in [0.29, 0.717) is 0 Å². The minimum atomic E-state index is -3.48. The van der Waals surface area contributed by atoms with Gasteiger partial charge in [0, 0.05) is 19.6 Å². The normalized spacial score (nSPS) is 15.5. The van der Waals surface area contributed by atoms with Crippen molar-refractivity contribution in [3.63, 3.8) is 0 Å². The molecule has 0 saturated heterocycles. The summed E-state index contributed by atoms with van der Waals surface area (Å²) >= 11 is 0. The quantitative estimate of drug-likeness (QED) is 0.394. The van der Waals surface area contributed by atoms with E-state index in [9.17, 15) is 8.42 Å². The first kappa shape index (κ1) is 20.9. The fraction of sp³-hybridized carbons (Fsp3) is 0.438. The maximum Gasteiger partial charge on any atom is 0.210 e. The maximum atomic E-state index is 11.0. The molecular formula is C16H25IN4O2S. The molecule has 1 aromatic rings. The average Bonchev–Trinajstić information content (AvgIpc) is 2.54. The first-order valence-electron chi connectivity index (χ1n) is 7.78. The van der Waals surface area contributed by atoms with Crippen molar-refractivity contribution < 1.29 is 8.42 Å². The van der Waals surface area contributed by atoms with Gasteiger partial charge in [-0.1, -0.05) is 36.4 Å². The van der Waals surface area contributed by atoms with Gasteiger partial charge in [-0.15, -0.1) is 24.0 Å². The lowest BCUT2D eigenvalue weighted by Gasteiger charge is -2.29. The summed E-state index contributed by atoms with van der Waals surface area (Å²) in [6, 6.07) is 10.3. The smallest absolute Gasteiger partial charge is 0.210 e. The number of nitrogens with zero attached hydrogens (tertiary/aromatic N) is 2. The minimum Gasteiger partial charge on any atom is -0.357 e. The number of hydrogen-bond acceptors (Lipinski definition) is 3. The van der Waals surface area contributed by atoms with E-state index in [1.807, 2.05) is 25.1 Å². The van der Waals surface area contributed by atoms with Crippen LogP contribution in [0, 0.1) is 0 Å². The van der Waals surface area contributed by atoms with Crippen LogP contribution in [0.2, 0.25) is 0 Å². The zero-order valence-corrected chi connectivity index (χ0v) is 17.0. The van der Waals surface area contributed by atoms with Crippen molar-refractivity contribution in [3.8, 4) is 0 Å². The van der Waals surface area contributed by atoms with Crippen LogP contribution < -0.4 is 10.5 Å². The molecule has 0 atom stereocenters. The predicted octanol–water partition coefficient (Wildman–Crippen LogP) is 1.65. The zero-order valence-electron chi connectivity index (χ0n) is 13.8. The maximum absolute atomic E-state index is 11.0. The highest BCUT2D eigenvalue weighted by Crippen LogP contribution is 2.21.